The van der Waals surface area contributed by atoms with Crippen molar-refractivity contribution in [3.05, 3.63) is 0 Å². The maximum Gasteiger partial charge on any atom is 0.223 e. The third kappa shape index (κ3) is 5.95. The Kier molecular flexibility index (Phi) is 8.93. The summed E-state index contributed by atoms with van der Waals surface area (Å²) in [4.78, 5) is 14.8. The largest absolute Gasteiger partial charge is 0.383 e. The van der Waals surface area contributed by atoms with Gasteiger partial charge in [0.15, 0.2) is 0 Å². The lowest BCUT2D eigenvalue weighted by atomic mass is 9.85. The third-order valence-corrected chi connectivity index (χ3v) is 4.88. The highest BCUT2D eigenvalue weighted by Gasteiger charge is 2.26. The summed E-state index contributed by atoms with van der Waals surface area (Å²) in [5.74, 6) is 1.41. The Labute approximate surface area is 130 Å². The highest BCUT2D eigenvalue weighted by Crippen LogP contribution is 2.24. The second kappa shape index (κ2) is 10.2. The van der Waals surface area contributed by atoms with E-state index in [1.807, 2.05) is 0 Å². The average molecular weight is 298 g/mol. The number of carbonyl (C=O) groups is 1. The second-order valence-electron chi connectivity index (χ2n) is 6.34. The van der Waals surface area contributed by atoms with Gasteiger partial charge in [0.1, 0.15) is 0 Å². The fraction of sp³-hybridized carbons (Fsp3) is 0.941. The average Bonchev–Trinajstić information content (AvgIpc) is 2.52. The molecule has 1 rings (SSSR count). The van der Waals surface area contributed by atoms with E-state index in [0.717, 1.165) is 32.5 Å². The summed E-state index contributed by atoms with van der Waals surface area (Å²) in [6, 6.07) is 0.351. The summed E-state index contributed by atoms with van der Waals surface area (Å²) >= 11 is 0. The molecule has 0 aromatic rings. The minimum atomic E-state index is 0.304. The van der Waals surface area contributed by atoms with Crippen LogP contribution in [0.25, 0.3) is 0 Å². The molecule has 0 saturated carbocycles. The lowest BCUT2D eigenvalue weighted by Crippen LogP contribution is -2.43. The van der Waals surface area contributed by atoms with Gasteiger partial charge in [0.05, 0.1) is 6.61 Å². The Morgan fingerprint density at radius 3 is 2.62 bits per heavy atom. The van der Waals surface area contributed by atoms with Crippen LogP contribution in [0.5, 0.6) is 0 Å². The zero-order valence-electron chi connectivity index (χ0n) is 14.4. The van der Waals surface area contributed by atoms with Crippen LogP contribution in [0.3, 0.4) is 0 Å². The van der Waals surface area contributed by atoms with Gasteiger partial charge >= 0.3 is 0 Å². The van der Waals surface area contributed by atoms with Crippen LogP contribution < -0.4 is 5.32 Å². The first-order valence-corrected chi connectivity index (χ1v) is 8.63. The van der Waals surface area contributed by atoms with Gasteiger partial charge in [0.25, 0.3) is 0 Å². The molecule has 4 nitrogen and oxygen atoms in total. The molecular weight excluding hydrogens is 264 g/mol. The second-order valence-corrected chi connectivity index (χ2v) is 6.34. The SMILES string of the molecule is CCC(CC)N(CCOC)C(=O)CC(C)C1CCCNC1. The molecule has 1 amide bonds. The van der Waals surface area contributed by atoms with Crippen molar-refractivity contribution in [2.24, 2.45) is 11.8 Å². The predicted molar refractivity (Wildman–Crippen MR) is 87.3 cm³/mol. The van der Waals surface area contributed by atoms with Crippen molar-refractivity contribution in [1.82, 2.24) is 10.2 Å². The lowest BCUT2D eigenvalue weighted by molar-refractivity contribution is -0.135. The highest BCUT2D eigenvalue weighted by atomic mass is 16.5. The number of carbonyl (C=O) groups excluding carboxylic acids is 1. The maximum absolute atomic E-state index is 12.7. The van der Waals surface area contributed by atoms with Crippen molar-refractivity contribution in [3.63, 3.8) is 0 Å². The molecule has 1 aliphatic heterocycles. The van der Waals surface area contributed by atoms with E-state index >= 15 is 0 Å². The molecule has 1 heterocycles. The first-order valence-electron chi connectivity index (χ1n) is 8.63. The van der Waals surface area contributed by atoms with Gasteiger partial charge in [0, 0.05) is 26.1 Å². The zero-order valence-corrected chi connectivity index (χ0v) is 14.4. The first-order chi connectivity index (χ1) is 10.1. The van der Waals surface area contributed by atoms with Crippen LogP contribution in [0.15, 0.2) is 0 Å². The zero-order chi connectivity index (χ0) is 15.7. The van der Waals surface area contributed by atoms with Gasteiger partial charge in [-0.25, -0.2) is 0 Å². The Bertz CT molecular complexity index is 287. The summed E-state index contributed by atoms with van der Waals surface area (Å²) in [5, 5.41) is 3.45. The van der Waals surface area contributed by atoms with E-state index in [2.05, 4.69) is 31.0 Å². The fourth-order valence-electron chi connectivity index (χ4n) is 3.35. The number of hydrogen-bond donors (Lipinski definition) is 1. The molecule has 0 aromatic heterocycles. The van der Waals surface area contributed by atoms with E-state index in [1.165, 1.54) is 12.8 Å². The number of ether oxygens (including phenoxy) is 1. The van der Waals surface area contributed by atoms with Gasteiger partial charge in [-0.1, -0.05) is 20.8 Å². The van der Waals surface area contributed by atoms with E-state index in [1.54, 1.807) is 7.11 Å². The summed E-state index contributed by atoms with van der Waals surface area (Å²) in [5.41, 5.74) is 0. The molecule has 21 heavy (non-hydrogen) atoms. The van der Waals surface area contributed by atoms with E-state index in [4.69, 9.17) is 4.74 Å². The summed E-state index contributed by atoms with van der Waals surface area (Å²) in [6.45, 7) is 10.1. The van der Waals surface area contributed by atoms with Crippen LogP contribution in [0.2, 0.25) is 0 Å². The van der Waals surface area contributed by atoms with E-state index in [9.17, 15) is 4.79 Å². The molecule has 1 N–H and O–H groups in total. The topological polar surface area (TPSA) is 41.6 Å². The number of piperidine rings is 1. The van der Waals surface area contributed by atoms with Crippen LogP contribution in [0.4, 0.5) is 0 Å². The van der Waals surface area contributed by atoms with Gasteiger partial charge in [-0.15, -0.1) is 0 Å². The van der Waals surface area contributed by atoms with Crippen molar-refractivity contribution in [2.75, 3.05) is 33.4 Å². The van der Waals surface area contributed by atoms with Crippen molar-refractivity contribution >= 4 is 5.91 Å². The Morgan fingerprint density at radius 1 is 1.38 bits per heavy atom. The summed E-state index contributed by atoms with van der Waals surface area (Å²) in [6.07, 6.45) is 5.21. The third-order valence-electron chi connectivity index (χ3n) is 4.88. The van der Waals surface area contributed by atoms with Crippen molar-refractivity contribution in [3.8, 4) is 0 Å². The molecule has 0 aromatic carbocycles. The standard InChI is InChI=1S/C17H34N2O2/c1-5-16(6-2)19(10-11-21-4)17(20)12-14(3)15-8-7-9-18-13-15/h14-16,18H,5-13H2,1-4H3. The molecule has 0 radical (unpaired) electrons. The smallest absolute Gasteiger partial charge is 0.223 e. The molecule has 1 aliphatic rings. The van der Waals surface area contributed by atoms with E-state index in [0.29, 0.717) is 36.8 Å². The molecule has 0 aliphatic carbocycles. The molecule has 1 fully saturated rings. The Hall–Kier alpha value is -0.610. The molecule has 1 saturated heterocycles. The van der Waals surface area contributed by atoms with Gasteiger partial charge in [-0.2, -0.15) is 0 Å². The summed E-state index contributed by atoms with van der Waals surface area (Å²) in [7, 11) is 1.70. The van der Waals surface area contributed by atoms with Gasteiger partial charge in [0.2, 0.25) is 5.91 Å². The molecule has 2 unspecified atom stereocenters. The number of nitrogens with one attached hydrogen (secondary N) is 1. The molecule has 4 heteroatoms. The number of amides is 1. The van der Waals surface area contributed by atoms with Crippen molar-refractivity contribution < 1.29 is 9.53 Å². The maximum atomic E-state index is 12.7. The van der Waals surface area contributed by atoms with Gasteiger partial charge in [-0.3, -0.25) is 4.79 Å². The number of methoxy groups -OCH3 is 1. The molecule has 0 spiro atoms. The van der Waals surface area contributed by atoms with Crippen LogP contribution in [0.1, 0.15) is 52.9 Å². The van der Waals surface area contributed by atoms with Gasteiger partial charge < -0.3 is 15.0 Å². The quantitative estimate of drug-likeness (QED) is 0.711. The highest BCUT2D eigenvalue weighted by molar-refractivity contribution is 5.76. The predicted octanol–water partition coefficient (Wildman–Crippen LogP) is 2.68. The lowest BCUT2D eigenvalue weighted by Gasteiger charge is -2.33. The molecule has 124 valence electrons. The van der Waals surface area contributed by atoms with Crippen LogP contribution in [-0.2, 0) is 9.53 Å². The Balaban J connectivity index is 2.57. The Morgan fingerprint density at radius 2 is 2.10 bits per heavy atom. The molecular formula is C17H34N2O2. The number of rotatable bonds is 9. The minimum Gasteiger partial charge on any atom is -0.383 e. The normalized spacial score (nSPS) is 20.5. The summed E-state index contributed by atoms with van der Waals surface area (Å²) < 4.78 is 5.18. The molecule has 0 bridgehead atoms. The van der Waals surface area contributed by atoms with E-state index < -0.39 is 0 Å². The van der Waals surface area contributed by atoms with Gasteiger partial charge in [-0.05, 0) is 50.6 Å². The minimum absolute atomic E-state index is 0.304. The number of hydrogen-bond acceptors (Lipinski definition) is 3. The van der Waals surface area contributed by atoms with Crippen molar-refractivity contribution in [1.29, 1.82) is 0 Å². The monoisotopic (exact) mass is 298 g/mol. The molecule has 2 atom stereocenters. The van der Waals surface area contributed by atoms with Crippen molar-refractivity contribution in [2.45, 2.75) is 58.9 Å². The number of nitrogens with zero attached hydrogens (tertiary/aromatic N) is 1. The fourth-order valence-corrected chi connectivity index (χ4v) is 3.35. The van der Waals surface area contributed by atoms with E-state index in [-0.39, 0.29) is 0 Å². The van der Waals surface area contributed by atoms with Crippen LogP contribution in [-0.4, -0.2) is 50.2 Å². The van der Waals surface area contributed by atoms with Crippen LogP contribution in [0, 0.1) is 11.8 Å². The van der Waals surface area contributed by atoms with Crippen LogP contribution >= 0.6 is 0 Å². The first kappa shape index (κ1) is 18.4.